The first-order chi connectivity index (χ1) is 19.3. The van der Waals surface area contributed by atoms with Crippen LogP contribution in [-0.2, 0) is 9.53 Å². The summed E-state index contributed by atoms with van der Waals surface area (Å²) in [5.41, 5.74) is 7.22. The summed E-state index contributed by atoms with van der Waals surface area (Å²) in [7, 11) is 0. The van der Waals surface area contributed by atoms with Crippen LogP contribution in [0, 0.1) is 13.8 Å². The maximum atomic E-state index is 13.3. The molecule has 1 aromatic heterocycles. The van der Waals surface area contributed by atoms with Gasteiger partial charge in [0.2, 0.25) is 0 Å². The molecule has 6 heteroatoms. The Balaban J connectivity index is 1.54. The molecule has 6 nitrogen and oxygen atoms in total. The van der Waals surface area contributed by atoms with Crippen LogP contribution < -0.4 is 5.32 Å². The fraction of sp³-hybridized carbons (Fsp3) is 0.235. The minimum atomic E-state index is -0.727. The number of carbonyl (C=O) groups is 3. The Morgan fingerprint density at radius 3 is 2.12 bits per heavy atom. The molecule has 0 aliphatic rings. The largest absolute Gasteiger partial charge is 0.464 e. The molecule has 204 valence electrons. The van der Waals surface area contributed by atoms with Crippen molar-refractivity contribution in [2.75, 3.05) is 6.61 Å². The highest BCUT2D eigenvalue weighted by Gasteiger charge is 2.21. The predicted octanol–water partition coefficient (Wildman–Crippen LogP) is 6.45. The van der Waals surface area contributed by atoms with Crippen molar-refractivity contribution in [3.63, 3.8) is 0 Å². The van der Waals surface area contributed by atoms with Crippen molar-refractivity contribution in [3.8, 4) is 11.1 Å². The van der Waals surface area contributed by atoms with Gasteiger partial charge in [-0.25, -0.2) is 4.79 Å². The van der Waals surface area contributed by atoms with E-state index in [9.17, 15) is 14.4 Å². The summed E-state index contributed by atoms with van der Waals surface area (Å²) in [5.74, 6) is -0.815. The number of nitrogens with zero attached hydrogens (tertiary/aromatic N) is 1. The van der Waals surface area contributed by atoms with Gasteiger partial charge in [0, 0.05) is 35.4 Å². The Labute approximate surface area is 235 Å². The van der Waals surface area contributed by atoms with Crippen LogP contribution in [0.5, 0.6) is 0 Å². The van der Waals surface area contributed by atoms with Gasteiger partial charge >= 0.3 is 5.97 Å². The Kier molecular flexibility index (Phi) is 9.23. The van der Waals surface area contributed by atoms with Crippen molar-refractivity contribution in [3.05, 3.63) is 125 Å². The number of rotatable bonds is 10. The Morgan fingerprint density at radius 2 is 1.50 bits per heavy atom. The lowest BCUT2D eigenvalue weighted by atomic mass is 9.83. The zero-order valence-corrected chi connectivity index (χ0v) is 23.3. The zero-order valence-electron chi connectivity index (χ0n) is 23.3. The predicted molar refractivity (Wildman–Crippen MR) is 156 cm³/mol. The van der Waals surface area contributed by atoms with Crippen LogP contribution in [0.4, 0.5) is 0 Å². The van der Waals surface area contributed by atoms with Gasteiger partial charge in [-0.2, -0.15) is 0 Å². The molecule has 1 amide bonds. The van der Waals surface area contributed by atoms with Crippen LogP contribution in [0.2, 0.25) is 0 Å². The van der Waals surface area contributed by atoms with Gasteiger partial charge in [0.05, 0.1) is 6.61 Å². The molecule has 3 aromatic carbocycles. The second kappa shape index (κ2) is 13.0. The molecule has 2 atom stereocenters. The third-order valence-electron chi connectivity index (χ3n) is 6.95. The van der Waals surface area contributed by atoms with E-state index < -0.39 is 12.0 Å². The molecule has 1 heterocycles. The van der Waals surface area contributed by atoms with Crippen LogP contribution in [0.3, 0.4) is 0 Å². The van der Waals surface area contributed by atoms with Crippen molar-refractivity contribution in [1.82, 2.24) is 10.3 Å². The number of nitrogens with one attached hydrogen (secondary N) is 1. The standard InChI is InChI=1S/C34H34N2O4/c1-5-40-34(39)24(4)36-33(38)28-16-12-26(13-17-28)25-10-14-27(15-11-25)31(30-9-7-6-8-22(30)2)21-32(37)29-18-19-35-23(3)20-29/h6-20,24,31H,5,21H2,1-4H3,(H,36,38)/t24?,31-/m0/s1. The molecule has 0 bridgehead atoms. The number of hydrogen-bond acceptors (Lipinski definition) is 5. The van der Waals surface area contributed by atoms with Crippen molar-refractivity contribution >= 4 is 17.7 Å². The van der Waals surface area contributed by atoms with E-state index in [2.05, 4.69) is 41.5 Å². The number of hydrogen-bond donors (Lipinski definition) is 1. The van der Waals surface area contributed by atoms with Crippen LogP contribution >= 0.6 is 0 Å². The summed E-state index contributed by atoms with van der Waals surface area (Å²) in [6.45, 7) is 7.55. The average molecular weight is 535 g/mol. The third-order valence-corrected chi connectivity index (χ3v) is 6.95. The van der Waals surface area contributed by atoms with E-state index in [0.717, 1.165) is 33.5 Å². The lowest BCUT2D eigenvalue weighted by Gasteiger charge is -2.20. The number of benzene rings is 3. The van der Waals surface area contributed by atoms with Gasteiger partial charge in [-0.3, -0.25) is 14.6 Å². The summed E-state index contributed by atoms with van der Waals surface area (Å²) in [5, 5.41) is 2.67. The number of ether oxygens (including phenoxy) is 1. The van der Waals surface area contributed by atoms with Gasteiger partial charge in [-0.1, -0.05) is 60.7 Å². The molecule has 4 aromatic rings. The third kappa shape index (κ3) is 6.89. The quantitative estimate of drug-likeness (QED) is 0.187. The molecular weight excluding hydrogens is 500 g/mol. The molecule has 0 aliphatic heterocycles. The highest BCUT2D eigenvalue weighted by Crippen LogP contribution is 2.33. The number of aromatic nitrogens is 1. The Hall–Kier alpha value is -4.58. The number of ketones is 1. The molecule has 0 aliphatic carbocycles. The summed E-state index contributed by atoms with van der Waals surface area (Å²) in [4.78, 5) is 41.9. The number of amides is 1. The van der Waals surface area contributed by atoms with Gasteiger partial charge in [0.15, 0.2) is 5.78 Å². The SMILES string of the molecule is CCOC(=O)C(C)NC(=O)c1ccc(-c2ccc([C@H](CC(=O)c3ccnc(C)c3)c3ccccc3C)cc2)cc1. The summed E-state index contributed by atoms with van der Waals surface area (Å²) < 4.78 is 4.95. The lowest BCUT2D eigenvalue weighted by molar-refractivity contribution is -0.144. The number of Topliss-reactive ketones (excluding diaryl/α,β-unsaturated/α-hetero) is 1. The van der Waals surface area contributed by atoms with E-state index in [4.69, 9.17) is 4.74 Å². The molecule has 0 radical (unpaired) electrons. The monoisotopic (exact) mass is 534 g/mol. The van der Waals surface area contributed by atoms with Gasteiger partial charge < -0.3 is 10.1 Å². The smallest absolute Gasteiger partial charge is 0.328 e. The van der Waals surface area contributed by atoms with Crippen molar-refractivity contribution < 1.29 is 19.1 Å². The van der Waals surface area contributed by atoms with Gasteiger partial charge in [-0.05, 0) is 79.8 Å². The van der Waals surface area contributed by atoms with Crippen molar-refractivity contribution in [2.45, 2.75) is 46.1 Å². The van der Waals surface area contributed by atoms with Gasteiger partial charge in [0.25, 0.3) is 5.91 Å². The van der Waals surface area contributed by atoms with Crippen molar-refractivity contribution in [1.29, 1.82) is 0 Å². The number of carbonyl (C=O) groups excluding carboxylic acids is 3. The highest BCUT2D eigenvalue weighted by atomic mass is 16.5. The van der Waals surface area contributed by atoms with E-state index in [1.807, 2.05) is 49.4 Å². The van der Waals surface area contributed by atoms with E-state index in [1.165, 1.54) is 0 Å². The number of aryl methyl sites for hydroxylation is 2. The minimum absolute atomic E-state index is 0.0777. The fourth-order valence-electron chi connectivity index (χ4n) is 4.74. The van der Waals surface area contributed by atoms with Crippen molar-refractivity contribution in [2.24, 2.45) is 0 Å². The van der Waals surface area contributed by atoms with E-state index in [-0.39, 0.29) is 24.2 Å². The maximum Gasteiger partial charge on any atom is 0.328 e. The fourth-order valence-corrected chi connectivity index (χ4v) is 4.74. The van der Waals surface area contributed by atoms with Crippen LogP contribution in [0.1, 0.15) is 69.3 Å². The molecule has 4 rings (SSSR count). The van der Waals surface area contributed by atoms with Crippen LogP contribution in [-0.4, -0.2) is 35.3 Å². The second-order valence-corrected chi connectivity index (χ2v) is 9.87. The van der Waals surface area contributed by atoms with Gasteiger partial charge in [0.1, 0.15) is 6.04 Å². The highest BCUT2D eigenvalue weighted by molar-refractivity contribution is 5.97. The average Bonchev–Trinajstić information content (AvgIpc) is 2.96. The van der Waals surface area contributed by atoms with E-state index >= 15 is 0 Å². The molecule has 0 saturated heterocycles. The number of pyridine rings is 1. The van der Waals surface area contributed by atoms with Crippen LogP contribution in [0.15, 0.2) is 91.1 Å². The molecule has 1 N–H and O–H groups in total. The first kappa shape index (κ1) is 28.4. The molecular formula is C34H34N2O4. The first-order valence-electron chi connectivity index (χ1n) is 13.5. The lowest BCUT2D eigenvalue weighted by Crippen LogP contribution is -2.39. The molecule has 0 fully saturated rings. The summed E-state index contributed by atoms with van der Waals surface area (Å²) >= 11 is 0. The summed E-state index contributed by atoms with van der Waals surface area (Å²) in [6, 6.07) is 26.5. The minimum Gasteiger partial charge on any atom is -0.464 e. The number of esters is 1. The van der Waals surface area contributed by atoms with E-state index in [0.29, 0.717) is 17.5 Å². The van der Waals surface area contributed by atoms with E-state index in [1.54, 1.807) is 38.2 Å². The maximum absolute atomic E-state index is 13.3. The first-order valence-corrected chi connectivity index (χ1v) is 13.5. The molecule has 1 unspecified atom stereocenters. The normalized spacial score (nSPS) is 12.3. The summed E-state index contributed by atoms with van der Waals surface area (Å²) in [6.07, 6.45) is 2.03. The Morgan fingerprint density at radius 1 is 0.850 bits per heavy atom. The molecule has 0 saturated carbocycles. The second-order valence-electron chi connectivity index (χ2n) is 9.87. The Bertz CT molecular complexity index is 1490. The van der Waals surface area contributed by atoms with Gasteiger partial charge in [-0.15, -0.1) is 0 Å². The van der Waals surface area contributed by atoms with Crippen LogP contribution in [0.25, 0.3) is 11.1 Å². The zero-order chi connectivity index (χ0) is 28.6. The molecule has 0 spiro atoms. The molecule has 40 heavy (non-hydrogen) atoms. The topological polar surface area (TPSA) is 85.4 Å².